The van der Waals surface area contributed by atoms with Crippen LogP contribution in [-0.4, -0.2) is 52.5 Å². The van der Waals surface area contributed by atoms with Crippen LogP contribution in [0.15, 0.2) is 23.1 Å². The van der Waals surface area contributed by atoms with E-state index < -0.39 is 15.9 Å². The van der Waals surface area contributed by atoms with Gasteiger partial charge in [-0.3, -0.25) is 4.79 Å². The van der Waals surface area contributed by atoms with Crippen molar-refractivity contribution in [1.29, 1.82) is 0 Å². The number of benzene rings is 1. The van der Waals surface area contributed by atoms with Gasteiger partial charge in [0.15, 0.2) is 0 Å². The summed E-state index contributed by atoms with van der Waals surface area (Å²) in [6, 6.07) is 4.69. The van der Waals surface area contributed by atoms with Crippen LogP contribution in [0.3, 0.4) is 0 Å². The number of nitrogens with one attached hydrogen (secondary N) is 1. The monoisotopic (exact) mass is 413 g/mol. The van der Waals surface area contributed by atoms with Crippen molar-refractivity contribution >= 4 is 15.9 Å². The average molecular weight is 414 g/mol. The first-order chi connectivity index (χ1) is 13.2. The minimum Gasteiger partial charge on any atom is -0.496 e. The van der Waals surface area contributed by atoms with E-state index in [9.17, 15) is 13.2 Å². The number of nitrogens with zero attached hydrogens (tertiary/aromatic N) is 1. The van der Waals surface area contributed by atoms with Crippen molar-refractivity contribution in [2.75, 3.05) is 27.2 Å². The molecule has 0 radical (unpaired) electrons. The van der Waals surface area contributed by atoms with Crippen molar-refractivity contribution < 1.29 is 17.9 Å². The molecule has 7 nitrogen and oxygen atoms in total. The Hall–Kier alpha value is -2.08. The molecule has 1 heterocycles. The molecular formula is C20H35N3O4S. The number of nitrogens with two attached hydrogens (primary N) is 1. The van der Waals surface area contributed by atoms with Gasteiger partial charge in [-0.2, -0.15) is 0 Å². The Morgan fingerprint density at radius 1 is 1.36 bits per heavy atom. The molecule has 160 valence electrons. The van der Waals surface area contributed by atoms with E-state index >= 15 is 0 Å². The van der Waals surface area contributed by atoms with Crippen molar-refractivity contribution in [3.05, 3.63) is 23.8 Å². The van der Waals surface area contributed by atoms with Crippen LogP contribution in [-0.2, 0) is 10.0 Å². The Morgan fingerprint density at radius 3 is 2.25 bits per heavy atom. The molecule has 1 amide bonds. The van der Waals surface area contributed by atoms with Crippen LogP contribution in [0.5, 0.6) is 5.75 Å². The Kier molecular flexibility index (Phi) is 15.0. The Labute approximate surface area is 170 Å². The number of amides is 1. The molecule has 1 fully saturated rings. The Morgan fingerprint density at radius 2 is 1.93 bits per heavy atom. The highest BCUT2D eigenvalue weighted by Gasteiger charge is 2.17. The summed E-state index contributed by atoms with van der Waals surface area (Å²) in [5.74, 6) is -0.158. The molecular weight excluding hydrogens is 378 g/mol. The van der Waals surface area contributed by atoms with Gasteiger partial charge in [0.1, 0.15) is 5.75 Å². The fraction of sp³-hybridized carbons (Fsp3) is 0.550. The molecule has 0 unspecified atom stereocenters. The molecule has 1 aromatic carbocycles. The van der Waals surface area contributed by atoms with E-state index in [0.29, 0.717) is 0 Å². The van der Waals surface area contributed by atoms with Crippen molar-refractivity contribution in [3.8, 4) is 18.6 Å². The van der Waals surface area contributed by atoms with E-state index in [0.717, 1.165) is 6.04 Å². The van der Waals surface area contributed by atoms with Gasteiger partial charge in [0.05, 0.1) is 17.6 Å². The van der Waals surface area contributed by atoms with Crippen LogP contribution in [0.25, 0.3) is 0 Å². The van der Waals surface area contributed by atoms with E-state index in [1.807, 2.05) is 13.8 Å². The highest BCUT2D eigenvalue weighted by Crippen LogP contribution is 2.21. The van der Waals surface area contributed by atoms with Gasteiger partial charge in [-0.15, -0.1) is 12.8 Å². The fourth-order valence-electron chi connectivity index (χ4n) is 2.64. The average Bonchev–Trinajstić information content (AvgIpc) is 3.14. The molecule has 0 aliphatic carbocycles. The topological polar surface area (TPSA) is 102 Å². The molecule has 28 heavy (non-hydrogen) atoms. The number of primary sulfonamides is 1. The zero-order valence-corrected chi connectivity index (χ0v) is 18.7. The van der Waals surface area contributed by atoms with Crippen LogP contribution < -0.4 is 15.2 Å². The number of rotatable bonds is 4. The summed E-state index contributed by atoms with van der Waals surface area (Å²) in [5, 5.41) is 7.34. The molecule has 0 bridgehead atoms. The molecule has 1 atom stereocenters. The van der Waals surface area contributed by atoms with E-state index in [1.165, 1.54) is 58.3 Å². The van der Waals surface area contributed by atoms with Crippen LogP contribution in [0.1, 0.15) is 50.9 Å². The smallest absolute Gasteiger partial charge is 0.254 e. The molecule has 0 aromatic heterocycles. The number of carbonyl (C=O) groups excluding carboxylic acids is 1. The van der Waals surface area contributed by atoms with Crippen molar-refractivity contribution in [1.82, 2.24) is 10.2 Å². The first kappa shape index (κ1) is 28.1. The summed E-state index contributed by atoms with van der Waals surface area (Å²) in [7, 11) is -1.00. The van der Waals surface area contributed by atoms with E-state index in [4.69, 9.17) is 9.88 Å². The summed E-state index contributed by atoms with van der Waals surface area (Å²) in [6.45, 7) is 11.1. The zero-order valence-electron chi connectivity index (χ0n) is 17.9. The lowest BCUT2D eigenvalue weighted by Crippen LogP contribution is -2.25. The highest BCUT2D eigenvalue weighted by molar-refractivity contribution is 7.89. The predicted octanol–water partition coefficient (Wildman–Crippen LogP) is 2.47. The van der Waals surface area contributed by atoms with Gasteiger partial charge in [-0.05, 0) is 51.1 Å². The maximum Gasteiger partial charge on any atom is 0.254 e. The normalized spacial score (nSPS) is 15.5. The van der Waals surface area contributed by atoms with E-state index in [-0.39, 0.29) is 16.2 Å². The van der Waals surface area contributed by atoms with E-state index in [1.54, 1.807) is 0 Å². The number of hydrogen-bond donors (Lipinski definition) is 2. The second-order valence-corrected chi connectivity index (χ2v) is 7.17. The summed E-state index contributed by atoms with van der Waals surface area (Å²) < 4.78 is 27.1. The van der Waals surface area contributed by atoms with Gasteiger partial charge in [0.25, 0.3) is 5.91 Å². The van der Waals surface area contributed by atoms with Crippen LogP contribution >= 0.6 is 0 Å². The maximum atomic E-state index is 11.4. The third kappa shape index (κ3) is 9.22. The minimum absolute atomic E-state index is 0.122. The van der Waals surface area contributed by atoms with Gasteiger partial charge < -0.3 is 15.0 Å². The Bertz CT molecular complexity index is 703. The highest BCUT2D eigenvalue weighted by atomic mass is 32.2. The predicted molar refractivity (Wildman–Crippen MR) is 115 cm³/mol. The quantitative estimate of drug-likeness (QED) is 0.739. The number of ether oxygens (including phenoxy) is 1. The first-order valence-corrected chi connectivity index (χ1v) is 10.8. The third-order valence-electron chi connectivity index (χ3n) is 4.07. The number of methoxy groups -OCH3 is 1. The molecule has 1 aliphatic heterocycles. The summed E-state index contributed by atoms with van der Waals surface area (Å²) >= 11 is 0. The largest absolute Gasteiger partial charge is 0.496 e. The number of sulfonamides is 1. The second kappa shape index (κ2) is 14.9. The standard InChI is InChI=1S/C9H12N2O4S.C7H15N.C2H6.C2H2/c1-11-9(12)7-5-6(16(10,13)14)3-4-8(7)15-2;1-3-8-6-4-5-7(8)2;2*1-2/h3-5H,1-2H3,(H,11,12)(H2,10,13,14);7H,3-6H2,1-2H3;1-2H3;1-2H/t;7-;;/m.0../s1. The third-order valence-corrected chi connectivity index (χ3v) is 4.98. The molecule has 1 saturated heterocycles. The maximum absolute atomic E-state index is 11.4. The molecule has 3 N–H and O–H groups in total. The molecule has 8 heteroatoms. The van der Waals surface area contributed by atoms with Crippen LogP contribution in [0.2, 0.25) is 0 Å². The second-order valence-electron chi connectivity index (χ2n) is 5.61. The SMILES string of the molecule is C#C.CC.CCN1CCC[C@@H]1C.CNC(=O)c1cc(S(N)(=O)=O)ccc1OC. The number of terminal acetylenes is 1. The minimum atomic E-state index is -3.83. The molecule has 2 rings (SSSR count). The Balaban J connectivity index is 0. The van der Waals surface area contributed by atoms with Crippen LogP contribution in [0, 0.1) is 12.8 Å². The van der Waals surface area contributed by atoms with Gasteiger partial charge in [0.2, 0.25) is 10.0 Å². The zero-order chi connectivity index (χ0) is 22.3. The number of carbonyl (C=O) groups is 1. The fourth-order valence-corrected chi connectivity index (χ4v) is 3.18. The van der Waals surface area contributed by atoms with Crippen molar-refractivity contribution in [2.24, 2.45) is 5.14 Å². The van der Waals surface area contributed by atoms with E-state index in [2.05, 4.69) is 36.9 Å². The summed E-state index contributed by atoms with van der Waals surface area (Å²) in [4.78, 5) is 13.8. The molecule has 0 spiro atoms. The van der Waals surface area contributed by atoms with Gasteiger partial charge in [-0.25, -0.2) is 13.6 Å². The molecule has 1 aliphatic rings. The summed E-state index contributed by atoms with van der Waals surface area (Å²) in [6.07, 6.45) is 10.8. The lowest BCUT2D eigenvalue weighted by atomic mass is 10.2. The molecule has 1 aromatic rings. The van der Waals surface area contributed by atoms with Gasteiger partial charge >= 0.3 is 0 Å². The lowest BCUT2D eigenvalue weighted by Gasteiger charge is -2.17. The first-order valence-electron chi connectivity index (χ1n) is 9.24. The molecule has 0 saturated carbocycles. The van der Waals surface area contributed by atoms with Crippen LogP contribution in [0.4, 0.5) is 0 Å². The summed E-state index contributed by atoms with van der Waals surface area (Å²) in [5.41, 5.74) is 0.122. The number of likely N-dealkylation sites (tertiary alicyclic amines) is 1. The van der Waals surface area contributed by atoms with Crippen molar-refractivity contribution in [3.63, 3.8) is 0 Å². The lowest BCUT2D eigenvalue weighted by molar-refractivity contribution is 0.0960. The van der Waals surface area contributed by atoms with Crippen molar-refractivity contribution in [2.45, 2.75) is 51.5 Å². The number of hydrogen-bond acceptors (Lipinski definition) is 5. The van der Waals surface area contributed by atoms with Gasteiger partial charge in [0, 0.05) is 13.1 Å². The van der Waals surface area contributed by atoms with Gasteiger partial charge in [-0.1, -0.05) is 20.8 Å².